The van der Waals surface area contributed by atoms with Crippen LogP contribution in [-0.4, -0.2) is 60.2 Å². The maximum atomic E-state index is 12.7. The molecule has 0 aliphatic carbocycles. The van der Waals surface area contributed by atoms with Crippen LogP contribution < -0.4 is 10.2 Å². The predicted molar refractivity (Wildman–Crippen MR) is 114 cm³/mol. The van der Waals surface area contributed by atoms with Crippen LogP contribution in [0.2, 0.25) is 0 Å². The molecular formula is C20H24F2N6O2S. The van der Waals surface area contributed by atoms with Crippen LogP contribution in [0.25, 0.3) is 5.57 Å². The molecule has 4 rings (SSSR count). The van der Waals surface area contributed by atoms with Crippen molar-refractivity contribution in [3.63, 3.8) is 0 Å². The quantitative estimate of drug-likeness (QED) is 0.691. The first-order valence-corrected chi connectivity index (χ1v) is 11.3. The van der Waals surface area contributed by atoms with Gasteiger partial charge in [0.2, 0.25) is 5.95 Å². The summed E-state index contributed by atoms with van der Waals surface area (Å²) in [5.74, 6) is 1.98. The fraction of sp³-hybridized carbons (Fsp3) is 0.500. The van der Waals surface area contributed by atoms with Gasteiger partial charge in [-0.25, -0.2) is 23.7 Å². The van der Waals surface area contributed by atoms with Gasteiger partial charge >= 0.3 is 0 Å². The second-order valence-corrected chi connectivity index (χ2v) is 9.69. The van der Waals surface area contributed by atoms with Crippen molar-refractivity contribution < 1.29 is 18.1 Å². The first-order valence-electron chi connectivity index (χ1n) is 10.00. The van der Waals surface area contributed by atoms with Gasteiger partial charge in [0, 0.05) is 37.7 Å². The van der Waals surface area contributed by atoms with Crippen LogP contribution in [0.3, 0.4) is 0 Å². The normalized spacial score (nSPS) is 18.8. The summed E-state index contributed by atoms with van der Waals surface area (Å²) in [5.41, 5.74) is 0.832. The molecule has 0 saturated carbocycles. The molecule has 8 nitrogen and oxygen atoms in total. The third kappa shape index (κ3) is 4.57. The molecule has 31 heavy (non-hydrogen) atoms. The summed E-state index contributed by atoms with van der Waals surface area (Å²) >= 11 is 0. The maximum absolute atomic E-state index is 12.7. The molecule has 11 heteroatoms. The van der Waals surface area contributed by atoms with E-state index < -0.39 is 22.8 Å². The fourth-order valence-corrected chi connectivity index (χ4v) is 4.75. The van der Waals surface area contributed by atoms with Crippen molar-refractivity contribution in [1.82, 2.24) is 19.9 Å². The van der Waals surface area contributed by atoms with Gasteiger partial charge in [0.25, 0.3) is 6.43 Å². The molecule has 0 unspecified atom stereocenters. The Labute approximate surface area is 181 Å². The van der Waals surface area contributed by atoms with Crippen molar-refractivity contribution in [2.24, 2.45) is 0 Å². The molecule has 1 atom stereocenters. The number of aliphatic hydroxyl groups is 1. The maximum Gasteiger partial charge on any atom is 0.266 e. The van der Waals surface area contributed by atoms with Gasteiger partial charge in [-0.3, -0.25) is 4.21 Å². The average Bonchev–Trinajstić information content (AvgIpc) is 3.15. The number of anilines is 2. The van der Waals surface area contributed by atoms with Gasteiger partial charge in [0.1, 0.15) is 10.7 Å². The highest BCUT2D eigenvalue weighted by molar-refractivity contribution is 7.85. The zero-order chi connectivity index (χ0) is 22.2. The first kappa shape index (κ1) is 21.7. The highest BCUT2D eigenvalue weighted by Crippen LogP contribution is 2.32. The van der Waals surface area contributed by atoms with Crippen LogP contribution in [0.15, 0.2) is 23.4 Å². The number of fused-ring (bicyclic) bond motifs is 1. The van der Waals surface area contributed by atoms with Crippen molar-refractivity contribution in [1.29, 1.82) is 0 Å². The molecule has 2 aromatic heterocycles. The second-order valence-electron chi connectivity index (χ2n) is 8.18. The number of aryl methyl sites for hydroxylation is 1. The van der Waals surface area contributed by atoms with E-state index >= 15 is 0 Å². The van der Waals surface area contributed by atoms with Gasteiger partial charge < -0.3 is 15.3 Å². The molecule has 0 aromatic carbocycles. The smallest absolute Gasteiger partial charge is 0.266 e. The van der Waals surface area contributed by atoms with Crippen LogP contribution in [0.5, 0.6) is 0 Å². The zero-order valence-electron chi connectivity index (χ0n) is 17.3. The number of aliphatic hydroxyl groups excluding tert-OH is 1. The van der Waals surface area contributed by atoms with Crippen molar-refractivity contribution >= 4 is 28.1 Å². The summed E-state index contributed by atoms with van der Waals surface area (Å²) < 4.78 is 37.9. The molecule has 0 fully saturated rings. The minimum absolute atomic E-state index is 0.103. The molecule has 0 radical (unpaired) electrons. The second kappa shape index (κ2) is 8.54. The Morgan fingerprint density at radius 2 is 2.00 bits per heavy atom. The van der Waals surface area contributed by atoms with Gasteiger partial charge in [-0.15, -0.1) is 0 Å². The molecule has 2 N–H and O–H groups in total. The van der Waals surface area contributed by atoms with E-state index in [-0.39, 0.29) is 12.2 Å². The monoisotopic (exact) mass is 450 g/mol. The van der Waals surface area contributed by atoms with E-state index in [0.29, 0.717) is 54.2 Å². The Hall–Kier alpha value is -2.53. The molecule has 0 spiro atoms. The third-order valence-corrected chi connectivity index (χ3v) is 6.69. The molecule has 2 aliphatic rings. The van der Waals surface area contributed by atoms with E-state index in [9.17, 15) is 18.1 Å². The van der Waals surface area contributed by atoms with E-state index in [0.717, 1.165) is 23.7 Å². The van der Waals surface area contributed by atoms with E-state index in [1.165, 1.54) is 0 Å². The number of halogens is 2. The highest BCUT2D eigenvalue weighted by atomic mass is 32.2. The Kier molecular flexibility index (Phi) is 5.98. The Morgan fingerprint density at radius 3 is 2.61 bits per heavy atom. The molecule has 4 heterocycles. The topological polar surface area (TPSA) is 104 Å². The lowest BCUT2D eigenvalue weighted by atomic mass is 10.1. The van der Waals surface area contributed by atoms with Gasteiger partial charge in [0.15, 0.2) is 5.82 Å². The molecule has 0 amide bonds. The lowest BCUT2D eigenvalue weighted by Gasteiger charge is -2.29. The Balaban J connectivity index is 1.57. The van der Waals surface area contributed by atoms with Crippen LogP contribution in [0.1, 0.15) is 43.8 Å². The van der Waals surface area contributed by atoms with Crippen LogP contribution >= 0.6 is 0 Å². The largest absolute Gasteiger partial charge is 0.394 e. The van der Waals surface area contributed by atoms with Gasteiger partial charge in [-0.1, -0.05) is 6.08 Å². The zero-order valence-corrected chi connectivity index (χ0v) is 18.1. The summed E-state index contributed by atoms with van der Waals surface area (Å²) in [4.78, 5) is 20.0. The number of nitrogens with one attached hydrogen (secondary N) is 1. The number of alkyl halides is 2. The van der Waals surface area contributed by atoms with Crippen LogP contribution in [0.4, 0.5) is 20.5 Å². The standard InChI is InChI=1S/C20H24F2N6O2S/c1-20(2,11-29)27-18-15-14(5-8-31(15)30)25-19(26-18)28-6-3-12(4-7-28)17-23-9-13(10-24-17)16(21)22/h3,9-10,16,29H,4-8,11H2,1-2H3,(H,25,26,27)/t31-/m1/s1. The highest BCUT2D eigenvalue weighted by Gasteiger charge is 2.30. The predicted octanol–water partition coefficient (Wildman–Crippen LogP) is 2.34. The summed E-state index contributed by atoms with van der Waals surface area (Å²) in [6, 6.07) is 0. The van der Waals surface area contributed by atoms with Gasteiger partial charge in [-0.2, -0.15) is 4.98 Å². The van der Waals surface area contributed by atoms with Crippen molar-refractivity contribution in [3.8, 4) is 0 Å². The number of rotatable bonds is 6. The van der Waals surface area contributed by atoms with Gasteiger partial charge in [0.05, 0.1) is 34.2 Å². The molecule has 166 valence electrons. The summed E-state index contributed by atoms with van der Waals surface area (Å²) in [6.45, 7) is 4.70. The van der Waals surface area contributed by atoms with E-state index in [4.69, 9.17) is 0 Å². The minimum Gasteiger partial charge on any atom is -0.394 e. The third-order valence-electron chi connectivity index (χ3n) is 5.23. The van der Waals surface area contributed by atoms with E-state index in [1.807, 2.05) is 24.8 Å². The first-order chi connectivity index (χ1) is 14.8. The molecular weight excluding hydrogens is 426 g/mol. The SMILES string of the molecule is CC(C)(CO)Nc1nc(N2CC=C(c3ncc(C(F)F)cn3)CC2)nc2c1[S@](=O)CC2. The summed E-state index contributed by atoms with van der Waals surface area (Å²) in [6.07, 6.45) is 2.90. The number of hydrogen-bond donors (Lipinski definition) is 2. The van der Waals surface area contributed by atoms with Crippen LogP contribution in [-0.2, 0) is 17.2 Å². The van der Waals surface area contributed by atoms with Crippen LogP contribution in [0, 0.1) is 0 Å². The van der Waals surface area contributed by atoms with E-state index in [2.05, 4.69) is 25.3 Å². The Bertz CT molecular complexity index is 1030. The average molecular weight is 451 g/mol. The summed E-state index contributed by atoms with van der Waals surface area (Å²) in [7, 11) is -1.16. The number of nitrogens with zero attached hydrogens (tertiary/aromatic N) is 5. The lowest BCUT2D eigenvalue weighted by molar-refractivity contribution is 0.150. The molecule has 0 bridgehead atoms. The molecule has 0 saturated heterocycles. The van der Waals surface area contributed by atoms with Gasteiger partial charge in [-0.05, 0) is 25.8 Å². The minimum atomic E-state index is -2.59. The van der Waals surface area contributed by atoms with Crippen molar-refractivity contribution in [2.75, 3.05) is 35.7 Å². The Morgan fingerprint density at radius 1 is 1.26 bits per heavy atom. The van der Waals surface area contributed by atoms with E-state index in [1.54, 1.807) is 0 Å². The number of hydrogen-bond acceptors (Lipinski definition) is 8. The summed E-state index contributed by atoms with van der Waals surface area (Å²) in [5, 5.41) is 12.8. The van der Waals surface area contributed by atoms with Crippen molar-refractivity contribution in [3.05, 3.63) is 35.6 Å². The molecule has 2 aliphatic heterocycles. The van der Waals surface area contributed by atoms with Crippen molar-refractivity contribution in [2.45, 2.75) is 43.5 Å². The fourth-order valence-electron chi connectivity index (χ4n) is 3.44. The number of aromatic nitrogens is 4. The lowest BCUT2D eigenvalue weighted by Crippen LogP contribution is -2.36. The molecule has 2 aromatic rings.